The van der Waals surface area contributed by atoms with E-state index in [1.165, 1.54) is 6.07 Å². The summed E-state index contributed by atoms with van der Waals surface area (Å²) in [6.07, 6.45) is 1.36. The first-order valence-electron chi connectivity index (χ1n) is 12.7. The lowest BCUT2D eigenvalue weighted by atomic mass is 9.72. The number of H-pyrrole nitrogens is 1. The molecular formula is C26H30ClF2N7O2. The van der Waals surface area contributed by atoms with Gasteiger partial charge in [0.1, 0.15) is 5.82 Å². The second-order valence-corrected chi connectivity index (χ2v) is 10.7. The highest BCUT2D eigenvalue weighted by Gasteiger charge is 2.46. The molecule has 38 heavy (non-hydrogen) atoms. The molecule has 5 rings (SSSR count). The maximum atomic E-state index is 15.7. The first-order chi connectivity index (χ1) is 18.1. The van der Waals surface area contributed by atoms with E-state index in [1.807, 2.05) is 23.6 Å². The van der Waals surface area contributed by atoms with Gasteiger partial charge >= 0.3 is 5.97 Å². The minimum atomic E-state index is -1.23. The molecule has 12 heteroatoms. The van der Waals surface area contributed by atoms with Gasteiger partial charge in [-0.2, -0.15) is 10.1 Å². The molecule has 3 aromatic rings. The van der Waals surface area contributed by atoms with E-state index in [9.17, 15) is 14.3 Å². The summed E-state index contributed by atoms with van der Waals surface area (Å²) in [7, 11) is 0. The number of carbonyl (C=O) groups is 1. The summed E-state index contributed by atoms with van der Waals surface area (Å²) >= 11 is 5.94. The molecule has 202 valence electrons. The predicted molar refractivity (Wildman–Crippen MR) is 140 cm³/mol. The fourth-order valence-electron chi connectivity index (χ4n) is 5.24. The summed E-state index contributed by atoms with van der Waals surface area (Å²) in [6.45, 7) is 5.82. The van der Waals surface area contributed by atoms with E-state index in [1.54, 1.807) is 18.2 Å². The van der Waals surface area contributed by atoms with E-state index in [0.29, 0.717) is 37.6 Å². The van der Waals surface area contributed by atoms with Gasteiger partial charge in [0.15, 0.2) is 17.5 Å². The SMILES string of the molecule is Cc1cc(Nc2nc(C[C@@]3(C(=O)O)CCN(Cc4cccc(Cl)c4F)[C@H](C)C3)c(F)c(N3CCC3)n2)n[nH]1. The van der Waals surface area contributed by atoms with E-state index >= 15 is 4.39 Å². The Labute approximate surface area is 224 Å². The van der Waals surface area contributed by atoms with E-state index in [4.69, 9.17) is 11.6 Å². The van der Waals surface area contributed by atoms with Crippen LogP contribution in [0.3, 0.4) is 0 Å². The average Bonchev–Trinajstić information content (AvgIpc) is 3.24. The number of hydrogen-bond acceptors (Lipinski definition) is 7. The summed E-state index contributed by atoms with van der Waals surface area (Å²) in [4.78, 5) is 25.3. The Kier molecular flexibility index (Phi) is 7.23. The number of piperidine rings is 1. The van der Waals surface area contributed by atoms with Crippen molar-refractivity contribution in [2.24, 2.45) is 5.41 Å². The Bertz CT molecular complexity index is 1350. The van der Waals surface area contributed by atoms with E-state index < -0.39 is 23.0 Å². The maximum absolute atomic E-state index is 15.7. The zero-order valence-corrected chi connectivity index (χ0v) is 22.0. The molecule has 0 spiro atoms. The molecule has 0 saturated carbocycles. The summed E-state index contributed by atoms with van der Waals surface area (Å²) in [5.41, 5.74) is 0.115. The van der Waals surface area contributed by atoms with Crippen molar-refractivity contribution in [3.8, 4) is 0 Å². The van der Waals surface area contributed by atoms with Crippen molar-refractivity contribution in [1.82, 2.24) is 25.1 Å². The van der Waals surface area contributed by atoms with Crippen LogP contribution in [0.5, 0.6) is 0 Å². The van der Waals surface area contributed by atoms with Crippen molar-refractivity contribution in [3.05, 3.63) is 57.9 Å². The van der Waals surface area contributed by atoms with Crippen LogP contribution in [0.15, 0.2) is 24.3 Å². The summed E-state index contributed by atoms with van der Waals surface area (Å²) < 4.78 is 30.2. The number of benzene rings is 1. The number of aromatic nitrogens is 4. The number of carboxylic acids is 1. The van der Waals surface area contributed by atoms with Crippen LogP contribution in [0.25, 0.3) is 0 Å². The molecule has 0 radical (unpaired) electrons. The van der Waals surface area contributed by atoms with Crippen LogP contribution in [0.2, 0.25) is 5.02 Å². The van der Waals surface area contributed by atoms with Gasteiger partial charge in [0.2, 0.25) is 5.95 Å². The molecule has 2 aliphatic heterocycles. The Morgan fingerprint density at radius 1 is 1.26 bits per heavy atom. The number of halogens is 3. The summed E-state index contributed by atoms with van der Waals surface area (Å²) in [6, 6.07) is 6.45. The van der Waals surface area contributed by atoms with Crippen molar-refractivity contribution in [3.63, 3.8) is 0 Å². The molecule has 4 heterocycles. The third-order valence-electron chi connectivity index (χ3n) is 7.56. The van der Waals surface area contributed by atoms with Gasteiger partial charge < -0.3 is 15.3 Å². The van der Waals surface area contributed by atoms with Crippen LogP contribution in [0, 0.1) is 24.0 Å². The van der Waals surface area contributed by atoms with Crippen molar-refractivity contribution < 1.29 is 18.7 Å². The predicted octanol–water partition coefficient (Wildman–Crippen LogP) is 4.69. The van der Waals surface area contributed by atoms with Crippen LogP contribution >= 0.6 is 11.6 Å². The fraction of sp³-hybridized carbons (Fsp3) is 0.462. The molecule has 1 aromatic carbocycles. The van der Waals surface area contributed by atoms with E-state index in [0.717, 1.165) is 12.1 Å². The Morgan fingerprint density at radius 2 is 2.05 bits per heavy atom. The van der Waals surface area contributed by atoms with Crippen molar-refractivity contribution in [2.45, 2.75) is 52.1 Å². The summed E-state index contributed by atoms with van der Waals surface area (Å²) in [5.74, 6) is -1.25. The molecule has 0 bridgehead atoms. The largest absolute Gasteiger partial charge is 0.481 e. The molecule has 2 saturated heterocycles. The van der Waals surface area contributed by atoms with Gasteiger partial charge in [-0.05, 0) is 45.7 Å². The Morgan fingerprint density at radius 3 is 2.68 bits per heavy atom. The molecule has 0 aliphatic carbocycles. The second kappa shape index (κ2) is 10.5. The van der Waals surface area contributed by atoms with Gasteiger partial charge in [-0.1, -0.05) is 23.7 Å². The lowest BCUT2D eigenvalue weighted by Gasteiger charge is -2.43. The highest BCUT2D eigenvalue weighted by atomic mass is 35.5. The Balaban J connectivity index is 1.41. The number of anilines is 3. The average molecular weight is 546 g/mol. The molecule has 2 fully saturated rings. The standard InChI is InChI=1S/C26H30ClF2N7O2/c1-15-11-20(34-33-15)31-25-30-19(22(29)23(32-25)35-8-4-9-35)13-26(24(37)38)7-10-36(16(2)12-26)14-17-5-3-6-18(27)21(17)28/h3,5-6,11,16H,4,7-10,12-14H2,1-2H3,(H,37,38)(H2,30,31,32,33,34)/t16-,26-/m1/s1. The van der Waals surface area contributed by atoms with Gasteiger partial charge in [-0.15, -0.1) is 0 Å². The number of aryl methyl sites for hydroxylation is 1. The molecule has 2 aliphatic rings. The topological polar surface area (TPSA) is 110 Å². The number of aromatic amines is 1. The van der Waals surface area contributed by atoms with Crippen LogP contribution in [-0.2, 0) is 17.8 Å². The van der Waals surface area contributed by atoms with Crippen molar-refractivity contribution in [2.75, 3.05) is 29.9 Å². The first kappa shape index (κ1) is 26.3. The van der Waals surface area contributed by atoms with Crippen LogP contribution in [-0.4, -0.2) is 61.8 Å². The van der Waals surface area contributed by atoms with E-state index in [-0.39, 0.29) is 47.8 Å². The molecule has 3 N–H and O–H groups in total. The lowest BCUT2D eigenvalue weighted by Crippen LogP contribution is -2.50. The molecule has 0 amide bonds. The second-order valence-electron chi connectivity index (χ2n) is 10.3. The van der Waals surface area contributed by atoms with Gasteiger partial charge in [-0.25, -0.2) is 13.8 Å². The van der Waals surface area contributed by atoms with E-state index in [2.05, 4.69) is 25.5 Å². The molecule has 9 nitrogen and oxygen atoms in total. The third-order valence-corrected chi connectivity index (χ3v) is 7.85. The third kappa shape index (κ3) is 5.17. The zero-order chi connectivity index (χ0) is 27.0. The maximum Gasteiger partial charge on any atom is 0.310 e. The quantitative estimate of drug-likeness (QED) is 0.374. The van der Waals surface area contributed by atoms with Gasteiger partial charge in [0.05, 0.1) is 16.1 Å². The van der Waals surface area contributed by atoms with Gasteiger partial charge in [0.25, 0.3) is 0 Å². The summed E-state index contributed by atoms with van der Waals surface area (Å²) in [5, 5.41) is 20.4. The molecular weight excluding hydrogens is 516 g/mol. The number of rotatable bonds is 8. The zero-order valence-electron chi connectivity index (χ0n) is 21.3. The molecule has 0 unspecified atom stereocenters. The normalized spacial score (nSPS) is 21.8. The van der Waals surface area contributed by atoms with Gasteiger partial charge in [0, 0.05) is 49.4 Å². The smallest absolute Gasteiger partial charge is 0.310 e. The lowest BCUT2D eigenvalue weighted by molar-refractivity contribution is -0.153. The first-order valence-corrected chi connectivity index (χ1v) is 13.0. The highest BCUT2D eigenvalue weighted by Crippen LogP contribution is 2.40. The number of hydrogen-bond donors (Lipinski definition) is 3. The molecule has 2 aromatic heterocycles. The minimum absolute atomic E-state index is 0.0544. The number of likely N-dealkylation sites (tertiary alicyclic amines) is 1. The fourth-order valence-corrected chi connectivity index (χ4v) is 5.43. The minimum Gasteiger partial charge on any atom is -0.481 e. The Hall–Kier alpha value is -3.31. The van der Waals surface area contributed by atoms with Gasteiger partial charge in [-0.3, -0.25) is 14.8 Å². The van der Waals surface area contributed by atoms with Crippen LogP contribution < -0.4 is 10.2 Å². The number of carboxylic acid groups (broad SMARTS) is 1. The highest BCUT2D eigenvalue weighted by molar-refractivity contribution is 6.30. The van der Waals surface area contributed by atoms with Crippen LogP contribution in [0.1, 0.15) is 43.1 Å². The monoisotopic (exact) mass is 545 g/mol. The molecule has 2 atom stereocenters. The van der Waals surface area contributed by atoms with Crippen molar-refractivity contribution >= 4 is 35.2 Å². The number of nitrogens with one attached hydrogen (secondary N) is 2. The van der Waals surface area contributed by atoms with Crippen molar-refractivity contribution in [1.29, 1.82) is 0 Å². The number of aliphatic carboxylic acids is 1. The number of nitrogens with zero attached hydrogens (tertiary/aromatic N) is 5. The van der Waals surface area contributed by atoms with Crippen LogP contribution in [0.4, 0.5) is 26.4 Å².